The molecule has 7 nitrogen and oxygen atoms in total. The largest absolute Gasteiger partial charge is 0.443 e. The van der Waals surface area contributed by atoms with Gasteiger partial charge in [0.25, 0.3) is 5.91 Å². The Morgan fingerprint density at radius 1 is 1.19 bits per heavy atom. The lowest BCUT2D eigenvalue weighted by Crippen LogP contribution is -2.35. The van der Waals surface area contributed by atoms with Gasteiger partial charge in [-0.2, -0.15) is 0 Å². The fourth-order valence-electron chi connectivity index (χ4n) is 2.67. The average Bonchev–Trinajstić information content (AvgIpc) is 2.96. The van der Waals surface area contributed by atoms with Gasteiger partial charge >= 0.3 is 0 Å². The molecule has 1 aliphatic rings. The molecular formula is C19H22N4O3. The van der Waals surface area contributed by atoms with Crippen molar-refractivity contribution in [2.24, 2.45) is 0 Å². The van der Waals surface area contributed by atoms with E-state index in [4.69, 9.17) is 4.42 Å². The first-order valence-corrected chi connectivity index (χ1v) is 8.59. The fraction of sp³-hybridized carbons (Fsp3) is 0.421. The first-order valence-electron chi connectivity index (χ1n) is 8.59. The first kappa shape index (κ1) is 18.0. The Morgan fingerprint density at radius 2 is 1.96 bits per heavy atom. The molecule has 1 saturated heterocycles. The number of carbonyl (C=O) groups excluding carboxylic acids is 1. The smallest absolute Gasteiger partial charge is 0.289 e. The third kappa shape index (κ3) is 4.61. The molecule has 1 amide bonds. The predicted molar refractivity (Wildman–Crippen MR) is 96.6 cm³/mol. The van der Waals surface area contributed by atoms with Crippen molar-refractivity contribution in [3.63, 3.8) is 0 Å². The Morgan fingerprint density at radius 3 is 2.69 bits per heavy atom. The quantitative estimate of drug-likeness (QED) is 0.824. The summed E-state index contributed by atoms with van der Waals surface area (Å²) in [6.45, 7) is 5.87. The van der Waals surface area contributed by atoms with Gasteiger partial charge in [0, 0.05) is 38.6 Å². The highest BCUT2D eigenvalue weighted by atomic mass is 16.4. The highest BCUT2D eigenvalue weighted by molar-refractivity contribution is 5.91. The van der Waals surface area contributed by atoms with E-state index in [1.807, 2.05) is 0 Å². The summed E-state index contributed by atoms with van der Waals surface area (Å²) in [6, 6.07) is 5.06. The molecule has 1 aliphatic heterocycles. The van der Waals surface area contributed by atoms with Crippen LogP contribution in [-0.2, 0) is 0 Å². The van der Waals surface area contributed by atoms with E-state index < -0.39 is 5.60 Å². The van der Waals surface area contributed by atoms with E-state index in [-0.39, 0.29) is 11.7 Å². The normalized spacial score (nSPS) is 15.2. The summed E-state index contributed by atoms with van der Waals surface area (Å²) in [5.41, 5.74) is -1.11. The Kier molecular flexibility index (Phi) is 5.24. The molecule has 26 heavy (non-hydrogen) atoms. The highest BCUT2D eigenvalue weighted by Crippen LogP contribution is 2.15. The number of anilines is 1. The van der Waals surface area contributed by atoms with Crippen molar-refractivity contribution in [1.82, 2.24) is 14.9 Å². The minimum atomic E-state index is -1.11. The third-order valence-electron chi connectivity index (χ3n) is 3.93. The minimum absolute atomic E-state index is 0.155. The maximum atomic E-state index is 12.7. The maximum absolute atomic E-state index is 12.7. The van der Waals surface area contributed by atoms with Gasteiger partial charge < -0.3 is 19.3 Å². The molecule has 3 rings (SSSR count). The van der Waals surface area contributed by atoms with Crippen LogP contribution in [0.25, 0.3) is 0 Å². The molecule has 0 aromatic carbocycles. The minimum Gasteiger partial charge on any atom is -0.443 e. The molecule has 0 atom stereocenters. The number of carbonyl (C=O) groups is 1. The van der Waals surface area contributed by atoms with Gasteiger partial charge in [0.1, 0.15) is 5.60 Å². The number of rotatable bonds is 2. The van der Waals surface area contributed by atoms with Crippen LogP contribution in [0.3, 0.4) is 0 Å². The van der Waals surface area contributed by atoms with Gasteiger partial charge in [-0.15, -0.1) is 0 Å². The zero-order chi connectivity index (χ0) is 18.6. The summed E-state index contributed by atoms with van der Waals surface area (Å²) < 4.78 is 5.53. The molecule has 0 bridgehead atoms. The monoisotopic (exact) mass is 354 g/mol. The van der Waals surface area contributed by atoms with Gasteiger partial charge in [-0.1, -0.05) is 5.92 Å². The van der Waals surface area contributed by atoms with Crippen molar-refractivity contribution in [1.29, 1.82) is 0 Å². The van der Waals surface area contributed by atoms with Gasteiger partial charge in [0.05, 0.1) is 0 Å². The first-order chi connectivity index (χ1) is 12.4. The van der Waals surface area contributed by atoms with Crippen molar-refractivity contribution in [2.75, 3.05) is 31.1 Å². The molecule has 0 saturated carbocycles. The van der Waals surface area contributed by atoms with E-state index in [9.17, 15) is 9.90 Å². The topological polar surface area (TPSA) is 82.7 Å². The number of aliphatic hydroxyl groups is 1. The van der Waals surface area contributed by atoms with Crippen LogP contribution in [0.4, 0.5) is 5.95 Å². The van der Waals surface area contributed by atoms with E-state index >= 15 is 0 Å². The van der Waals surface area contributed by atoms with Gasteiger partial charge in [-0.05, 0) is 44.4 Å². The fourth-order valence-corrected chi connectivity index (χ4v) is 2.67. The zero-order valence-electron chi connectivity index (χ0n) is 15.0. The summed E-state index contributed by atoms with van der Waals surface area (Å²) in [7, 11) is 0. The molecule has 0 radical (unpaired) electrons. The molecule has 3 heterocycles. The second-order valence-electron chi connectivity index (χ2n) is 6.65. The second-order valence-corrected chi connectivity index (χ2v) is 6.65. The second kappa shape index (κ2) is 7.58. The molecule has 0 spiro atoms. The predicted octanol–water partition coefficient (Wildman–Crippen LogP) is 1.54. The summed E-state index contributed by atoms with van der Waals surface area (Å²) in [4.78, 5) is 25.1. The van der Waals surface area contributed by atoms with E-state index in [1.165, 1.54) is 0 Å². The molecular weight excluding hydrogens is 332 g/mol. The number of aromatic nitrogens is 2. The Hall–Kier alpha value is -2.85. The molecule has 1 fully saturated rings. The van der Waals surface area contributed by atoms with Crippen LogP contribution in [-0.4, -0.2) is 57.7 Å². The molecule has 136 valence electrons. The van der Waals surface area contributed by atoms with Crippen LogP contribution in [0.5, 0.6) is 0 Å². The van der Waals surface area contributed by atoms with Gasteiger partial charge in [-0.3, -0.25) is 4.79 Å². The molecule has 0 aliphatic carbocycles. The van der Waals surface area contributed by atoms with Gasteiger partial charge in [0.2, 0.25) is 5.95 Å². The maximum Gasteiger partial charge on any atom is 0.289 e. The van der Waals surface area contributed by atoms with Crippen LogP contribution in [0.15, 0.2) is 35.0 Å². The average molecular weight is 354 g/mol. The number of hydrogen-bond donors (Lipinski definition) is 1. The Bertz CT molecular complexity index is 815. The zero-order valence-corrected chi connectivity index (χ0v) is 15.0. The number of amides is 1. The highest BCUT2D eigenvalue weighted by Gasteiger charge is 2.23. The lowest BCUT2D eigenvalue weighted by molar-refractivity contribution is 0.0734. The number of hydrogen-bond acceptors (Lipinski definition) is 6. The van der Waals surface area contributed by atoms with E-state index in [0.717, 1.165) is 13.0 Å². The van der Waals surface area contributed by atoms with E-state index in [2.05, 4.69) is 26.7 Å². The summed E-state index contributed by atoms with van der Waals surface area (Å²) >= 11 is 0. The SMILES string of the molecule is CC(C)(O)C#Cc1ccc(C(=O)N2CCCN(c3ncccn3)CC2)o1. The van der Waals surface area contributed by atoms with Crippen molar-refractivity contribution < 1.29 is 14.3 Å². The molecule has 7 heteroatoms. The van der Waals surface area contributed by atoms with Crippen LogP contribution in [0, 0.1) is 11.8 Å². The number of nitrogens with zero attached hydrogens (tertiary/aromatic N) is 4. The van der Waals surface area contributed by atoms with Crippen molar-refractivity contribution in [3.05, 3.63) is 42.1 Å². The van der Waals surface area contributed by atoms with E-state index in [1.54, 1.807) is 49.3 Å². The Labute approximate surface area is 152 Å². The van der Waals surface area contributed by atoms with Crippen LogP contribution >= 0.6 is 0 Å². The van der Waals surface area contributed by atoms with Crippen molar-refractivity contribution >= 4 is 11.9 Å². The summed E-state index contributed by atoms with van der Waals surface area (Å²) in [6.07, 6.45) is 4.26. The molecule has 2 aromatic heterocycles. The lowest BCUT2D eigenvalue weighted by Gasteiger charge is -2.21. The van der Waals surface area contributed by atoms with Gasteiger partial charge in [0.15, 0.2) is 11.5 Å². The number of furan rings is 1. The third-order valence-corrected chi connectivity index (χ3v) is 3.93. The van der Waals surface area contributed by atoms with Crippen molar-refractivity contribution in [3.8, 4) is 11.8 Å². The van der Waals surface area contributed by atoms with Crippen molar-refractivity contribution in [2.45, 2.75) is 25.9 Å². The lowest BCUT2D eigenvalue weighted by atomic mass is 10.1. The van der Waals surface area contributed by atoms with Crippen LogP contribution < -0.4 is 4.90 Å². The molecule has 1 N–H and O–H groups in total. The summed E-state index contributed by atoms with van der Waals surface area (Å²) in [5.74, 6) is 6.56. The van der Waals surface area contributed by atoms with Crippen LogP contribution in [0.2, 0.25) is 0 Å². The van der Waals surface area contributed by atoms with Gasteiger partial charge in [-0.25, -0.2) is 9.97 Å². The molecule has 0 unspecified atom stereocenters. The standard InChI is InChI=1S/C19H22N4O3/c1-19(2,25)8-7-15-5-6-16(26-15)17(24)22-11-4-12-23(14-13-22)18-20-9-3-10-21-18/h3,5-6,9-10,25H,4,11-14H2,1-2H3. The Balaban J connectivity index is 1.65. The van der Waals surface area contributed by atoms with Crippen LogP contribution in [0.1, 0.15) is 36.6 Å². The summed E-state index contributed by atoms with van der Waals surface area (Å²) in [5, 5.41) is 9.64. The van der Waals surface area contributed by atoms with E-state index in [0.29, 0.717) is 31.3 Å². The molecule has 2 aromatic rings.